The average molecular weight is 230 g/mol. The van der Waals surface area contributed by atoms with Crippen LogP contribution in [0.2, 0.25) is 0 Å². The van der Waals surface area contributed by atoms with Crippen molar-refractivity contribution < 1.29 is 9.53 Å². The van der Waals surface area contributed by atoms with Crippen LogP contribution in [0.1, 0.15) is 16.1 Å². The van der Waals surface area contributed by atoms with Gasteiger partial charge in [-0.25, -0.2) is 4.79 Å². The lowest BCUT2D eigenvalue weighted by molar-refractivity contribution is 0.0588. The van der Waals surface area contributed by atoms with Crippen molar-refractivity contribution in [2.45, 2.75) is 6.92 Å². The first kappa shape index (κ1) is 11.4. The Bertz CT molecular complexity index is 541. The maximum atomic E-state index is 11.4. The molecule has 0 aliphatic carbocycles. The van der Waals surface area contributed by atoms with Gasteiger partial charge in [-0.2, -0.15) is 5.10 Å². The smallest absolute Gasteiger partial charge is 0.356 e. The first-order valence-electron chi connectivity index (χ1n) is 5.31. The molecule has 0 spiro atoms. The average Bonchev–Trinajstić information content (AvgIpc) is 2.71. The number of hydrogen-bond donors (Lipinski definition) is 0. The minimum atomic E-state index is -0.377. The second-order valence-corrected chi connectivity index (χ2v) is 3.90. The van der Waals surface area contributed by atoms with Gasteiger partial charge in [0, 0.05) is 12.6 Å². The molecule has 0 saturated heterocycles. The SMILES string of the molecule is COC(=O)c1cc(-c2ccc(C)cc2)nn1C. The molecule has 4 nitrogen and oxygen atoms in total. The highest BCUT2D eigenvalue weighted by molar-refractivity contribution is 5.88. The molecule has 1 aromatic carbocycles. The summed E-state index contributed by atoms with van der Waals surface area (Å²) in [6.07, 6.45) is 0. The van der Waals surface area contributed by atoms with Crippen LogP contribution >= 0.6 is 0 Å². The van der Waals surface area contributed by atoms with E-state index in [0.29, 0.717) is 5.69 Å². The number of esters is 1. The van der Waals surface area contributed by atoms with Crippen molar-refractivity contribution in [2.24, 2.45) is 7.05 Å². The molecular formula is C13H14N2O2. The van der Waals surface area contributed by atoms with Gasteiger partial charge in [0.25, 0.3) is 0 Å². The number of rotatable bonds is 2. The zero-order chi connectivity index (χ0) is 12.4. The Morgan fingerprint density at radius 3 is 2.53 bits per heavy atom. The lowest BCUT2D eigenvalue weighted by atomic mass is 10.1. The lowest BCUT2D eigenvalue weighted by Gasteiger charge is -1.97. The molecule has 1 heterocycles. The zero-order valence-electron chi connectivity index (χ0n) is 10.1. The van der Waals surface area contributed by atoms with E-state index in [1.165, 1.54) is 17.4 Å². The molecule has 0 radical (unpaired) electrons. The second kappa shape index (κ2) is 4.41. The van der Waals surface area contributed by atoms with Crippen molar-refractivity contribution in [2.75, 3.05) is 7.11 Å². The number of methoxy groups -OCH3 is 1. The van der Waals surface area contributed by atoms with Crippen LogP contribution in [0.3, 0.4) is 0 Å². The van der Waals surface area contributed by atoms with Crippen LogP contribution in [0, 0.1) is 6.92 Å². The van der Waals surface area contributed by atoms with Crippen molar-refractivity contribution in [3.63, 3.8) is 0 Å². The molecule has 2 aromatic rings. The molecular weight excluding hydrogens is 216 g/mol. The Morgan fingerprint density at radius 1 is 1.29 bits per heavy atom. The van der Waals surface area contributed by atoms with Crippen LogP contribution in [-0.4, -0.2) is 22.9 Å². The van der Waals surface area contributed by atoms with Gasteiger partial charge in [-0.1, -0.05) is 29.8 Å². The van der Waals surface area contributed by atoms with Crippen LogP contribution in [-0.2, 0) is 11.8 Å². The summed E-state index contributed by atoms with van der Waals surface area (Å²) in [5, 5.41) is 4.30. The van der Waals surface area contributed by atoms with Gasteiger partial charge in [0.1, 0.15) is 5.69 Å². The molecule has 1 aromatic heterocycles. The lowest BCUT2D eigenvalue weighted by Crippen LogP contribution is -2.07. The van der Waals surface area contributed by atoms with E-state index in [0.717, 1.165) is 11.3 Å². The molecule has 0 fully saturated rings. The monoisotopic (exact) mass is 230 g/mol. The van der Waals surface area contributed by atoms with Gasteiger partial charge in [-0.05, 0) is 13.0 Å². The Balaban J connectivity index is 2.41. The summed E-state index contributed by atoms with van der Waals surface area (Å²) in [5.41, 5.74) is 3.40. The molecule has 0 saturated carbocycles. The van der Waals surface area contributed by atoms with E-state index in [1.807, 2.05) is 31.2 Å². The van der Waals surface area contributed by atoms with Crippen molar-refractivity contribution in [3.05, 3.63) is 41.6 Å². The Kier molecular flexibility index (Phi) is 2.95. The second-order valence-electron chi connectivity index (χ2n) is 3.90. The molecule has 0 aliphatic heterocycles. The molecule has 0 amide bonds. The number of aryl methyl sites for hydroxylation is 2. The first-order valence-corrected chi connectivity index (χ1v) is 5.31. The van der Waals surface area contributed by atoms with Gasteiger partial charge in [-0.15, -0.1) is 0 Å². The fourth-order valence-electron chi connectivity index (χ4n) is 1.63. The van der Waals surface area contributed by atoms with Crippen LogP contribution < -0.4 is 0 Å². The molecule has 4 heteroatoms. The normalized spacial score (nSPS) is 10.3. The Morgan fingerprint density at radius 2 is 1.94 bits per heavy atom. The number of hydrogen-bond acceptors (Lipinski definition) is 3. The highest BCUT2D eigenvalue weighted by atomic mass is 16.5. The highest BCUT2D eigenvalue weighted by Gasteiger charge is 2.14. The minimum absolute atomic E-state index is 0.377. The largest absolute Gasteiger partial charge is 0.464 e. The van der Waals surface area contributed by atoms with E-state index in [-0.39, 0.29) is 5.97 Å². The van der Waals surface area contributed by atoms with Crippen LogP contribution in [0.5, 0.6) is 0 Å². The molecule has 0 N–H and O–H groups in total. The first-order chi connectivity index (χ1) is 8.11. The van der Waals surface area contributed by atoms with Crippen LogP contribution in [0.4, 0.5) is 0 Å². The number of carbonyl (C=O) groups excluding carboxylic acids is 1. The quantitative estimate of drug-likeness (QED) is 0.743. The van der Waals surface area contributed by atoms with Crippen molar-refractivity contribution in [3.8, 4) is 11.3 Å². The predicted octanol–water partition coefficient (Wildman–Crippen LogP) is 2.18. The molecule has 0 bridgehead atoms. The van der Waals surface area contributed by atoms with Gasteiger partial charge >= 0.3 is 5.97 Å². The summed E-state index contributed by atoms with van der Waals surface area (Å²) in [6.45, 7) is 2.03. The standard InChI is InChI=1S/C13H14N2O2/c1-9-4-6-10(7-5-9)11-8-12(13(16)17-3)15(2)14-11/h4-8H,1-3H3. The van der Waals surface area contributed by atoms with Gasteiger partial charge in [0.05, 0.1) is 12.8 Å². The maximum absolute atomic E-state index is 11.4. The van der Waals surface area contributed by atoms with E-state index in [9.17, 15) is 4.79 Å². The van der Waals surface area contributed by atoms with E-state index >= 15 is 0 Å². The van der Waals surface area contributed by atoms with Gasteiger partial charge in [0.2, 0.25) is 0 Å². The van der Waals surface area contributed by atoms with E-state index in [2.05, 4.69) is 9.84 Å². The zero-order valence-corrected chi connectivity index (χ0v) is 10.1. The predicted molar refractivity (Wildman–Crippen MR) is 64.7 cm³/mol. The third kappa shape index (κ3) is 2.20. The number of aromatic nitrogens is 2. The Labute approximate surface area is 99.8 Å². The van der Waals surface area contributed by atoms with E-state index in [1.54, 1.807) is 13.1 Å². The topological polar surface area (TPSA) is 44.1 Å². The third-order valence-electron chi connectivity index (χ3n) is 2.62. The molecule has 0 atom stereocenters. The molecule has 0 unspecified atom stereocenters. The minimum Gasteiger partial charge on any atom is -0.464 e. The van der Waals surface area contributed by atoms with E-state index < -0.39 is 0 Å². The molecule has 0 aliphatic rings. The third-order valence-corrected chi connectivity index (χ3v) is 2.62. The Hall–Kier alpha value is -2.10. The number of ether oxygens (including phenoxy) is 1. The molecule has 88 valence electrons. The fourth-order valence-corrected chi connectivity index (χ4v) is 1.63. The fraction of sp³-hybridized carbons (Fsp3) is 0.231. The number of carbonyl (C=O) groups is 1. The van der Waals surface area contributed by atoms with Gasteiger partial charge < -0.3 is 4.74 Å². The maximum Gasteiger partial charge on any atom is 0.356 e. The summed E-state index contributed by atoms with van der Waals surface area (Å²) in [5.74, 6) is -0.377. The number of benzene rings is 1. The summed E-state index contributed by atoms with van der Waals surface area (Å²) >= 11 is 0. The summed E-state index contributed by atoms with van der Waals surface area (Å²) < 4.78 is 6.21. The highest BCUT2D eigenvalue weighted by Crippen LogP contribution is 2.19. The molecule has 17 heavy (non-hydrogen) atoms. The van der Waals surface area contributed by atoms with Crippen LogP contribution in [0.15, 0.2) is 30.3 Å². The summed E-state index contributed by atoms with van der Waals surface area (Å²) in [7, 11) is 3.09. The summed E-state index contributed by atoms with van der Waals surface area (Å²) in [4.78, 5) is 11.4. The summed E-state index contributed by atoms with van der Waals surface area (Å²) in [6, 6.07) is 9.73. The van der Waals surface area contributed by atoms with Crippen molar-refractivity contribution >= 4 is 5.97 Å². The van der Waals surface area contributed by atoms with E-state index in [4.69, 9.17) is 0 Å². The van der Waals surface area contributed by atoms with Gasteiger partial charge in [-0.3, -0.25) is 4.68 Å². The molecule has 2 rings (SSSR count). The van der Waals surface area contributed by atoms with Crippen molar-refractivity contribution in [1.82, 2.24) is 9.78 Å². The number of nitrogens with zero attached hydrogens (tertiary/aromatic N) is 2. The van der Waals surface area contributed by atoms with Gasteiger partial charge in [0.15, 0.2) is 0 Å². The van der Waals surface area contributed by atoms with Crippen molar-refractivity contribution in [1.29, 1.82) is 0 Å². The van der Waals surface area contributed by atoms with Crippen LogP contribution in [0.25, 0.3) is 11.3 Å².